The summed E-state index contributed by atoms with van der Waals surface area (Å²) in [5, 5.41) is 22.7. The zero-order valence-electron chi connectivity index (χ0n) is 11.7. The molecule has 1 aromatic rings. The number of nitrogens with one attached hydrogen (secondary N) is 1. The van der Waals surface area contributed by atoms with Gasteiger partial charge in [0.2, 0.25) is 0 Å². The Morgan fingerprint density at radius 1 is 1.20 bits per heavy atom. The lowest BCUT2D eigenvalue weighted by atomic mass is 9.98. The second-order valence-corrected chi connectivity index (χ2v) is 5.52. The van der Waals surface area contributed by atoms with Gasteiger partial charge in [0.1, 0.15) is 0 Å². The summed E-state index contributed by atoms with van der Waals surface area (Å²) in [6.07, 6.45) is 4.67. The SMILES string of the molecule is O=C(O)C(CNC1CCCCCC1O)c1ccccc1. The van der Waals surface area contributed by atoms with Gasteiger partial charge in [-0.15, -0.1) is 0 Å². The predicted molar refractivity (Wildman–Crippen MR) is 77.7 cm³/mol. The molecule has 0 bridgehead atoms. The van der Waals surface area contributed by atoms with E-state index in [2.05, 4.69) is 5.32 Å². The normalized spacial score (nSPS) is 24.9. The molecule has 4 nitrogen and oxygen atoms in total. The molecule has 0 radical (unpaired) electrons. The number of rotatable bonds is 5. The van der Waals surface area contributed by atoms with Gasteiger partial charge in [-0.3, -0.25) is 4.79 Å². The van der Waals surface area contributed by atoms with E-state index in [1.54, 1.807) is 0 Å². The van der Waals surface area contributed by atoms with E-state index in [0.717, 1.165) is 37.7 Å². The lowest BCUT2D eigenvalue weighted by Crippen LogP contribution is -2.42. The fourth-order valence-electron chi connectivity index (χ4n) is 2.83. The Balaban J connectivity index is 1.97. The molecule has 0 spiro atoms. The van der Waals surface area contributed by atoms with E-state index in [-0.39, 0.29) is 12.1 Å². The molecule has 110 valence electrons. The second kappa shape index (κ2) is 7.41. The summed E-state index contributed by atoms with van der Waals surface area (Å²) in [5.74, 6) is -1.39. The zero-order chi connectivity index (χ0) is 14.4. The number of carboxylic acid groups (broad SMARTS) is 1. The van der Waals surface area contributed by atoms with Crippen LogP contribution in [0.2, 0.25) is 0 Å². The third-order valence-electron chi connectivity index (χ3n) is 4.06. The maximum Gasteiger partial charge on any atom is 0.312 e. The van der Waals surface area contributed by atoms with Crippen LogP contribution in [0.1, 0.15) is 43.6 Å². The van der Waals surface area contributed by atoms with Gasteiger partial charge in [-0.2, -0.15) is 0 Å². The molecule has 0 amide bonds. The van der Waals surface area contributed by atoms with Crippen molar-refractivity contribution in [1.82, 2.24) is 5.32 Å². The van der Waals surface area contributed by atoms with Crippen LogP contribution in [0.5, 0.6) is 0 Å². The maximum absolute atomic E-state index is 11.4. The van der Waals surface area contributed by atoms with Crippen molar-refractivity contribution >= 4 is 5.97 Å². The molecule has 0 heterocycles. The molecule has 0 aromatic heterocycles. The molecule has 3 unspecified atom stereocenters. The Morgan fingerprint density at radius 3 is 2.60 bits per heavy atom. The van der Waals surface area contributed by atoms with Crippen LogP contribution in [0.25, 0.3) is 0 Å². The van der Waals surface area contributed by atoms with Gasteiger partial charge >= 0.3 is 5.97 Å². The summed E-state index contributed by atoms with van der Waals surface area (Å²) in [6.45, 7) is 0.362. The van der Waals surface area contributed by atoms with Gasteiger partial charge in [-0.1, -0.05) is 49.6 Å². The summed E-state index contributed by atoms with van der Waals surface area (Å²) in [6, 6.07) is 9.28. The molecule has 3 N–H and O–H groups in total. The summed E-state index contributed by atoms with van der Waals surface area (Å²) >= 11 is 0. The fraction of sp³-hybridized carbons (Fsp3) is 0.562. The van der Waals surface area contributed by atoms with Gasteiger partial charge in [0, 0.05) is 12.6 Å². The Morgan fingerprint density at radius 2 is 1.90 bits per heavy atom. The van der Waals surface area contributed by atoms with E-state index in [1.165, 1.54) is 0 Å². The number of carbonyl (C=O) groups is 1. The van der Waals surface area contributed by atoms with E-state index in [4.69, 9.17) is 0 Å². The van der Waals surface area contributed by atoms with Gasteiger partial charge < -0.3 is 15.5 Å². The summed E-state index contributed by atoms with van der Waals surface area (Å²) in [4.78, 5) is 11.4. The average Bonchev–Trinajstić information content (AvgIpc) is 2.65. The molecule has 1 saturated carbocycles. The highest BCUT2D eigenvalue weighted by molar-refractivity contribution is 5.76. The summed E-state index contributed by atoms with van der Waals surface area (Å²) in [5.41, 5.74) is 0.801. The van der Waals surface area contributed by atoms with Crippen LogP contribution in [-0.2, 0) is 4.79 Å². The molecule has 0 saturated heterocycles. The molecule has 0 aliphatic heterocycles. The van der Waals surface area contributed by atoms with Crippen LogP contribution in [0.4, 0.5) is 0 Å². The minimum Gasteiger partial charge on any atom is -0.481 e. The maximum atomic E-state index is 11.4. The van der Waals surface area contributed by atoms with Crippen LogP contribution < -0.4 is 5.32 Å². The molecule has 1 aliphatic rings. The molecular formula is C16H23NO3. The van der Waals surface area contributed by atoms with E-state index in [1.807, 2.05) is 30.3 Å². The molecule has 1 aliphatic carbocycles. The van der Waals surface area contributed by atoms with Crippen molar-refractivity contribution < 1.29 is 15.0 Å². The smallest absolute Gasteiger partial charge is 0.312 e. The first-order valence-electron chi connectivity index (χ1n) is 7.37. The highest BCUT2D eigenvalue weighted by atomic mass is 16.4. The van der Waals surface area contributed by atoms with E-state index < -0.39 is 11.9 Å². The minimum atomic E-state index is -0.827. The Labute approximate surface area is 119 Å². The largest absolute Gasteiger partial charge is 0.481 e. The number of benzene rings is 1. The molecule has 2 rings (SSSR count). The molecule has 20 heavy (non-hydrogen) atoms. The number of aliphatic hydroxyl groups excluding tert-OH is 1. The van der Waals surface area contributed by atoms with Gasteiger partial charge in [0.25, 0.3) is 0 Å². The lowest BCUT2D eigenvalue weighted by molar-refractivity contribution is -0.138. The van der Waals surface area contributed by atoms with Crippen molar-refractivity contribution in [3.8, 4) is 0 Å². The van der Waals surface area contributed by atoms with Crippen molar-refractivity contribution in [2.75, 3.05) is 6.54 Å². The third-order valence-corrected chi connectivity index (χ3v) is 4.06. The summed E-state index contributed by atoms with van der Waals surface area (Å²) < 4.78 is 0. The number of carboxylic acids is 1. The first kappa shape index (κ1) is 15.0. The van der Waals surface area contributed by atoms with Gasteiger partial charge in [0.15, 0.2) is 0 Å². The summed E-state index contributed by atoms with van der Waals surface area (Å²) in [7, 11) is 0. The van der Waals surface area contributed by atoms with E-state index in [0.29, 0.717) is 6.54 Å². The third kappa shape index (κ3) is 4.05. The van der Waals surface area contributed by atoms with Crippen LogP contribution in [0.3, 0.4) is 0 Å². The lowest BCUT2D eigenvalue weighted by Gasteiger charge is -2.24. The predicted octanol–water partition coefficient (Wildman–Crippen LogP) is 2.14. The minimum absolute atomic E-state index is 0.0167. The number of aliphatic carboxylic acids is 1. The van der Waals surface area contributed by atoms with Crippen LogP contribution in [-0.4, -0.2) is 34.9 Å². The Kier molecular flexibility index (Phi) is 5.56. The van der Waals surface area contributed by atoms with Gasteiger partial charge in [0.05, 0.1) is 12.0 Å². The fourth-order valence-corrected chi connectivity index (χ4v) is 2.83. The second-order valence-electron chi connectivity index (χ2n) is 5.52. The van der Waals surface area contributed by atoms with Crippen molar-refractivity contribution in [2.45, 2.75) is 50.2 Å². The number of aliphatic hydroxyl groups is 1. The van der Waals surface area contributed by atoms with Crippen molar-refractivity contribution in [3.63, 3.8) is 0 Å². The molecule has 1 aromatic carbocycles. The first-order valence-corrected chi connectivity index (χ1v) is 7.37. The van der Waals surface area contributed by atoms with Crippen molar-refractivity contribution in [2.24, 2.45) is 0 Å². The molecule has 4 heteroatoms. The van der Waals surface area contributed by atoms with Crippen molar-refractivity contribution in [3.05, 3.63) is 35.9 Å². The zero-order valence-corrected chi connectivity index (χ0v) is 11.7. The molecule has 1 fully saturated rings. The first-order chi connectivity index (χ1) is 9.68. The Hall–Kier alpha value is -1.39. The van der Waals surface area contributed by atoms with Gasteiger partial charge in [-0.25, -0.2) is 0 Å². The van der Waals surface area contributed by atoms with Crippen LogP contribution in [0, 0.1) is 0 Å². The number of hydrogen-bond acceptors (Lipinski definition) is 3. The highest BCUT2D eigenvalue weighted by Gasteiger charge is 2.25. The standard InChI is InChI=1S/C16H23NO3/c18-15-10-6-2-5-9-14(15)17-11-13(16(19)20)12-7-3-1-4-8-12/h1,3-4,7-8,13-15,17-18H,2,5-6,9-11H2,(H,19,20). The highest BCUT2D eigenvalue weighted by Crippen LogP contribution is 2.20. The van der Waals surface area contributed by atoms with Crippen molar-refractivity contribution in [1.29, 1.82) is 0 Å². The topological polar surface area (TPSA) is 69.6 Å². The van der Waals surface area contributed by atoms with E-state index >= 15 is 0 Å². The molecular weight excluding hydrogens is 254 g/mol. The Bertz CT molecular complexity index is 421. The van der Waals surface area contributed by atoms with Crippen LogP contribution in [0.15, 0.2) is 30.3 Å². The van der Waals surface area contributed by atoms with Crippen LogP contribution >= 0.6 is 0 Å². The monoisotopic (exact) mass is 277 g/mol. The molecule has 3 atom stereocenters. The number of hydrogen-bond donors (Lipinski definition) is 3. The quantitative estimate of drug-likeness (QED) is 0.721. The van der Waals surface area contributed by atoms with E-state index in [9.17, 15) is 15.0 Å². The van der Waals surface area contributed by atoms with Gasteiger partial charge in [-0.05, 0) is 18.4 Å². The average molecular weight is 277 g/mol.